The van der Waals surface area contributed by atoms with Gasteiger partial charge in [0.2, 0.25) is 5.88 Å². The number of aromatic amines is 1. The van der Waals surface area contributed by atoms with Crippen LogP contribution < -0.4 is 10.1 Å². The lowest BCUT2D eigenvalue weighted by atomic mass is 10.1. The molecule has 0 aliphatic carbocycles. The molecule has 3 heterocycles. The number of aliphatic hydroxyl groups excluding tert-OH is 1. The standard InChI is InChI=1S/C17H15F2N7O2/c18-17(19)28-15-6-13(24-25-15)22-14-8-20-11-7-21-26(16(11)23-14)12(9-27)10-4-2-1-3-5-10/h1-8,12,17,27H,9H2,(H2,22,23,24,25)/t12-/m0/s1. The summed E-state index contributed by atoms with van der Waals surface area (Å²) < 4.78 is 30.3. The summed E-state index contributed by atoms with van der Waals surface area (Å²) in [6.07, 6.45) is 3.03. The van der Waals surface area contributed by atoms with Crippen LogP contribution in [0.25, 0.3) is 11.2 Å². The minimum absolute atomic E-state index is 0.172. The molecule has 1 aromatic carbocycles. The fourth-order valence-corrected chi connectivity index (χ4v) is 2.76. The molecule has 0 spiro atoms. The van der Waals surface area contributed by atoms with Gasteiger partial charge in [0.05, 0.1) is 19.0 Å². The largest absolute Gasteiger partial charge is 0.415 e. The highest BCUT2D eigenvalue weighted by Crippen LogP contribution is 2.23. The highest BCUT2D eigenvalue weighted by Gasteiger charge is 2.18. The van der Waals surface area contributed by atoms with E-state index in [1.165, 1.54) is 12.3 Å². The lowest BCUT2D eigenvalue weighted by molar-refractivity contribution is -0.0528. The summed E-state index contributed by atoms with van der Waals surface area (Å²) in [7, 11) is 0. The molecular weight excluding hydrogens is 372 g/mol. The maximum absolute atomic E-state index is 12.2. The van der Waals surface area contributed by atoms with Crippen LogP contribution in [0.3, 0.4) is 0 Å². The van der Waals surface area contributed by atoms with E-state index in [0.717, 1.165) is 5.56 Å². The normalized spacial score (nSPS) is 12.4. The number of nitrogens with zero attached hydrogens (tertiary/aromatic N) is 5. The first-order valence-electron chi connectivity index (χ1n) is 8.27. The van der Waals surface area contributed by atoms with Crippen molar-refractivity contribution < 1.29 is 18.6 Å². The molecule has 11 heteroatoms. The van der Waals surface area contributed by atoms with Crippen molar-refractivity contribution >= 4 is 22.8 Å². The van der Waals surface area contributed by atoms with E-state index in [2.05, 4.69) is 35.3 Å². The number of aromatic nitrogens is 6. The Balaban J connectivity index is 1.63. The van der Waals surface area contributed by atoms with Gasteiger partial charge in [0, 0.05) is 6.07 Å². The van der Waals surface area contributed by atoms with E-state index < -0.39 is 12.7 Å². The summed E-state index contributed by atoms with van der Waals surface area (Å²) in [6.45, 7) is -3.13. The summed E-state index contributed by atoms with van der Waals surface area (Å²) in [5, 5.41) is 23.2. The average Bonchev–Trinajstić information content (AvgIpc) is 3.30. The van der Waals surface area contributed by atoms with Gasteiger partial charge in [0.1, 0.15) is 17.4 Å². The molecule has 0 bridgehead atoms. The molecule has 28 heavy (non-hydrogen) atoms. The summed E-state index contributed by atoms with van der Waals surface area (Å²) in [5.41, 5.74) is 1.88. The number of anilines is 2. The minimum atomic E-state index is -2.96. The number of hydrogen-bond donors (Lipinski definition) is 3. The predicted octanol–water partition coefficient (Wildman–Crippen LogP) is 2.48. The second-order valence-corrected chi connectivity index (χ2v) is 5.79. The number of halogens is 2. The Morgan fingerprint density at radius 1 is 1.21 bits per heavy atom. The number of nitrogens with one attached hydrogen (secondary N) is 2. The van der Waals surface area contributed by atoms with Crippen molar-refractivity contribution in [2.75, 3.05) is 11.9 Å². The third kappa shape index (κ3) is 3.60. The van der Waals surface area contributed by atoms with Crippen LogP contribution in [-0.4, -0.2) is 48.3 Å². The zero-order chi connectivity index (χ0) is 19.5. The zero-order valence-corrected chi connectivity index (χ0v) is 14.3. The molecule has 3 aromatic heterocycles. The number of hydrogen-bond acceptors (Lipinski definition) is 7. The van der Waals surface area contributed by atoms with Crippen LogP contribution in [-0.2, 0) is 0 Å². The Bertz CT molecular complexity index is 1070. The third-order valence-corrected chi connectivity index (χ3v) is 3.98. The molecule has 0 radical (unpaired) electrons. The Morgan fingerprint density at radius 2 is 2.04 bits per heavy atom. The fourth-order valence-electron chi connectivity index (χ4n) is 2.76. The van der Waals surface area contributed by atoms with E-state index in [1.807, 2.05) is 30.3 Å². The number of benzene rings is 1. The van der Waals surface area contributed by atoms with Crippen molar-refractivity contribution in [1.29, 1.82) is 0 Å². The second kappa shape index (κ2) is 7.56. The third-order valence-electron chi connectivity index (χ3n) is 3.98. The lowest BCUT2D eigenvalue weighted by Crippen LogP contribution is -2.16. The van der Waals surface area contributed by atoms with E-state index in [4.69, 9.17) is 0 Å². The Morgan fingerprint density at radius 3 is 2.79 bits per heavy atom. The highest BCUT2D eigenvalue weighted by atomic mass is 19.3. The van der Waals surface area contributed by atoms with Crippen LogP contribution in [0, 0.1) is 0 Å². The molecule has 0 unspecified atom stereocenters. The van der Waals surface area contributed by atoms with Gasteiger partial charge in [-0.25, -0.2) is 14.6 Å². The van der Waals surface area contributed by atoms with Crippen LogP contribution in [0.4, 0.5) is 20.4 Å². The summed E-state index contributed by atoms with van der Waals surface area (Å²) in [6, 6.07) is 10.3. The predicted molar refractivity (Wildman–Crippen MR) is 95.5 cm³/mol. The van der Waals surface area contributed by atoms with E-state index >= 15 is 0 Å². The first-order chi connectivity index (χ1) is 13.6. The van der Waals surface area contributed by atoms with E-state index in [9.17, 15) is 13.9 Å². The molecular formula is C17H15F2N7O2. The van der Waals surface area contributed by atoms with Gasteiger partial charge in [-0.1, -0.05) is 30.3 Å². The molecule has 3 N–H and O–H groups in total. The smallest absolute Gasteiger partial charge is 0.388 e. The van der Waals surface area contributed by atoms with Gasteiger partial charge >= 0.3 is 6.61 Å². The average molecular weight is 387 g/mol. The van der Waals surface area contributed by atoms with E-state index in [0.29, 0.717) is 22.8 Å². The van der Waals surface area contributed by atoms with Gasteiger partial charge in [-0.2, -0.15) is 13.9 Å². The van der Waals surface area contributed by atoms with Crippen LogP contribution in [0.5, 0.6) is 5.88 Å². The lowest BCUT2D eigenvalue weighted by Gasteiger charge is -2.16. The van der Waals surface area contributed by atoms with Crippen molar-refractivity contribution in [3.8, 4) is 5.88 Å². The Kier molecular flexibility index (Phi) is 4.81. The molecule has 0 aliphatic heterocycles. The number of rotatable bonds is 7. The molecule has 0 saturated carbocycles. The second-order valence-electron chi connectivity index (χ2n) is 5.79. The molecule has 4 rings (SSSR count). The van der Waals surface area contributed by atoms with Gasteiger partial charge in [-0.3, -0.25) is 5.10 Å². The summed E-state index contributed by atoms with van der Waals surface area (Å²) in [5.74, 6) is 0.393. The first-order valence-corrected chi connectivity index (χ1v) is 8.27. The van der Waals surface area contributed by atoms with Crippen LogP contribution >= 0.6 is 0 Å². The monoisotopic (exact) mass is 387 g/mol. The van der Waals surface area contributed by atoms with E-state index in [1.54, 1.807) is 10.9 Å². The summed E-state index contributed by atoms with van der Waals surface area (Å²) >= 11 is 0. The van der Waals surface area contributed by atoms with Gasteiger partial charge in [0.15, 0.2) is 11.5 Å². The van der Waals surface area contributed by atoms with Crippen molar-refractivity contribution in [3.05, 3.63) is 54.4 Å². The van der Waals surface area contributed by atoms with Crippen molar-refractivity contribution in [1.82, 2.24) is 29.9 Å². The molecule has 0 saturated heterocycles. The Hall–Kier alpha value is -3.60. The van der Waals surface area contributed by atoms with Crippen molar-refractivity contribution in [2.24, 2.45) is 0 Å². The van der Waals surface area contributed by atoms with Crippen LogP contribution in [0.15, 0.2) is 48.8 Å². The maximum Gasteiger partial charge on any atom is 0.388 e. The minimum Gasteiger partial charge on any atom is -0.415 e. The molecule has 0 aliphatic rings. The molecule has 9 nitrogen and oxygen atoms in total. The number of aliphatic hydroxyl groups is 1. The molecule has 144 valence electrons. The number of H-pyrrole nitrogens is 1. The van der Waals surface area contributed by atoms with E-state index in [-0.39, 0.29) is 12.5 Å². The highest BCUT2D eigenvalue weighted by molar-refractivity contribution is 5.72. The number of alkyl halides is 2. The van der Waals surface area contributed by atoms with Crippen LogP contribution in [0.1, 0.15) is 11.6 Å². The van der Waals surface area contributed by atoms with Gasteiger partial charge in [0.25, 0.3) is 0 Å². The van der Waals surface area contributed by atoms with Gasteiger partial charge < -0.3 is 15.2 Å². The SMILES string of the molecule is OC[C@@H](c1ccccc1)n1ncc2ncc(Nc3cc(OC(F)F)n[nH]3)nc21. The van der Waals surface area contributed by atoms with Crippen molar-refractivity contribution in [3.63, 3.8) is 0 Å². The molecule has 0 fully saturated rings. The number of fused-ring (bicyclic) bond motifs is 1. The Labute approximate surface area is 157 Å². The molecule has 4 aromatic rings. The van der Waals surface area contributed by atoms with Crippen LogP contribution in [0.2, 0.25) is 0 Å². The summed E-state index contributed by atoms with van der Waals surface area (Å²) in [4.78, 5) is 8.76. The topological polar surface area (TPSA) is 114 Å². The molecule has 1 atom stereocenters. The van der Waals surface area contributed by atoms with Gasteiger partial charge in [-0.15, -0.1) is 5.10 Å². The quantitative estimate of drug-likeness (QED) is 0.446. The zero-order valence-electron chi connectivity index (χ0n) is 14.3. The van der Waals surface area contributed by atoms with Crippen molar-refractivity contribution in [2.45, 2.75) is 12.7 Å². The maximum atomic E-state index is 12.2. The fraction of sp³-hybridized carbons (Fsp3) is 0.176. The number of ether oxygens (including phenoxy) is 1. The van der Waals surface area contributed by atoms with Gasteiger partial charge in [-0.05, 0) is 5.56 Å². The molecule has 0 amide bonds. The first kappa shape index (κ1) is 17.8.